The average Bonchev–Trinajstić information content (AvgIpc) is 2.67. The number of rotatable bonds is 0. The van der Waals surface area contributed by atoms with E-state index in [1.165, 1.54) is 0 Å². The van der Waals surface area contributed by atoms with Gasteiger partial charge in [-0.25, -0.2) is 0 Å². The van der Waals surface area contributed by atoms with Crippen LogP contribution in [0.3, 0.4) is 0 Å². The summed E-state index contributed by atoms with van der Waals surface area (Å²) in [5.74, 6) is 0. The van der Waals surface area contributed by atoms with E-state index >= 15 is 0 Å². The lowest BCUT2D eigenvalue weighted by Crippen LogP contribution is -2.44. The predicted molar refractivity (Wildman–Crippen MR) is 46.0 cm³/mol. The van der Waals surface area contributed by atoms with E-state index in [0.29, 0.717) is 6.42 Å². The first-order valence-corrected chi connectivity index (χ1v) is 4.92. The molecular weight excluding hydrogens is 182 g/mol. The van der Waals surface area contributed by atoms with Gasteiger partial charge in [0.2, 0.25) is 0 Å². The maximum absolute atomic E-state index is 9.75. The highest BCUT2D eigenvalue weighted by Gasteiger charge is 2.74. The van der Waals surface area contributed by atoms with Crippen LogP contribution in [0.25, 0.3) is 0 Å². The molecule has 14 heavy (non-hydrogen) atoms. The highest BCUT2D eigenvalue weighted by molar-refractivity contribution is 5.24. The fraction of sp³-hybridized carbons (Fsp3) is 0.900. The van der Waals surface area contributed by atoms with E-state index < -0.39 is 11.7 Å². The van der Waals surface area contributed by atoms with Gasteiger partial charge >= 0.3 is 0 Å². The smallest absolute Gasteiger partial charge is 0.176 e. The molecule has 3 rings (SSSR count). The molecule has 5 unspecified atom stereocenters. The van der Waals surface area contributed by atoms with E-state index in [9.17, 15) is 5.11 Å². The zero-order chi connectivity index (χ0) is 10.1. The second kappa shape index (κ2) is 2.13. The van der Waals surface area contributed by atoms with Gasteiger partial charge < -0.3 is 14.6 Å². The highest BCUT2D eigenvalue weighted by Crippen LogP contribution is 2.62. The van der Waals surface area contributed by atoms with Gasteiger partial charge in [-0.2, -0.15) is 5.26 Å². The van der Waals surface area contributed by atoms with E-state index in [1.807, 2.05) is 0 Å². The van der Waals surface area contributed by atoms with Crippen LogP contribution in [-0.2, 0) is 9.47 Å². The maximum atomic E-state index is 9.75. The van der Waals surface area contributed by atoms with Gasteiger partial charge in [-0.3, -0.25) is 0 Å². The molecule has 3 aliphatic rings. The topological polar surface area (TPSA) is 62.5 Å². The van der Waals surface area contributed by atoms with E-state index in [-0.39, 0.29) is 23.7 Å². The second-order valence-corrected chi connectivity index (χ2v) is 5.13. The maximum Gasteiger partial charge on any atom is 0.176 e. The minimum atomic E-state index is -0.978. The molecule has 0 aromatic rings. The van der Waals surface area contributed by atoms with Gasteiger partial charge in [0.1, 0.15) is 11.5 Å². The third kappa shape index (κ3) is 0.650. The van der Waals surface area contributed by atoms with Crippen molar-refractivity contribution in [2.45, 2.75) is 44.9 Å². The Labute approximate surface area is 82.4 Å². The van der Waals surface area contributed by atoms with Crippen molar-refractivity contribution in [3.8, 4) is 6.07 Å². The first-order chi connectivity index (χ1) is 6.52. The summed E-state index contributed by atoms with van der Waals surface area (Å²) in [6.45, 7) is 4.14. The summed E-state index contributed by atoms with van der Waals surface area (Å²) in [6.07, 6.45) is -0.694. The minimum absolute atomic E-state index is 0.0503. The van der Waals surface area contributed by atoms with Crippen LogP contribution < -0.4 is 0 Å². The molecule has 0 aliphatic carbocycles. The SMILES string of the molecule is CC1(C)C2CC3(C#N)C(O)OC1C3O2. The first-order valence-electron chi connectivity index (χ1n) is 4.92. The minimum Gasteiger partial charge on any atom is -0.370 e. The Morgan fingerprint density at radius 3 is 2.64 bits per heavy atom. The van der Waals surface area contributed by atoms with E-state index in [1.54, 1.807) is 0 Å². The molecule has 5 atom stereocenters. The van der Waals surface area contributed by atoms with Crippen molar-refractivity contribution in [3.05, 3.63) is 0 Å². The number of hydrogen-bond donors (Lipinski definition) is 1. The number of nitrogens with zero attached hydrogens (tertiary/aromatic N) is 1. The Morgan fingerprint density at radius 2 is 2.07 bits per heavy atom. The van der Waals surface area contributed by atoms with Gasteiger partial charge in [0, 0.05) is 11.8 Å². The second-order valence-electron chi connectivity index (χ2n) is 5.13. The summed E-state index contributed by atoms with van der Waals surface area (Å²) in [5.41, 5.74) is -0.882. The molecule has 0 aromatic heterocycles. The molecule has 76 valence electrons. The zero-order valence-electron chi connectivity index (χ0n) is 8.23. The molecule has 3 fully saturated rings. The van der Waals surface area contributed by atoms with Crippen LogP contribution in [-0.4, -0.2) is 29.7 Å². The normalized spacial score (nSPS) is 57.6. The number of hydrogen-bond acceptors (Lipinski definition) is 4. The molecule has 3 heterocycles. The van der Waals surface area contributed by atoms with Crippen LogP contribution in [0.2, 0.25) is 0 Å². The van der Waals surface area contributed by atoms with Crippen LogP contribution in [0, 0.1) is 22.2 Å². The highest BCUT2D eigenvalue weighted by atomic mass is 16.7. The molecule has 0 saturated carbocycles. The molecule has 3 aliphatic heterocycles. The van der Waals surface area contributed by atoms with Crippen LogP contribution in [0.5, 0.6) is 0 Å². The largest absolute Gasteiger partial charge is 0.370 e. The molecule has 0 radical (unpaired) electrons. The van der Waals surface area contributed by atoms with Crippen molar-refractivity contribution in [1.29, 1.82) is 5.26 Å². The van der Waals surface area contributed by atoms with Gasteiger partial charge in [-0.15, -0.1) is 0 Å². The summed E-state index contributed by atoms with van der Waals surface area (Å²) in [7, 11) is 0. The fourth-order valence-corrected chi connectivity index (χ4v) is 3.04. The van der Waals surface area contributed by atoms with Crippen molar-refractivity contribution in [2.75, 3.05) is 0 Å². The fourth-order valence-electron chi connectivity index (χ4n) is 3.04. The Bertz CT molecular complexity index is 335. The Hall–Kier alpha value is -0.630. The van der Waals surface area contributed by atoms with Crippen molar-refractivity contribution in [1.82, 2.24) is 0 Å². The van der Waals surface area contributed by atoms with Crippen molar-refractivity contribution < 1.29 is 14.6 Å². The number of ether oxygens (including phenoxy) is 2. The third-order valence-electron chi connectivity index (χ3n) is 4.10. The Balaban J connectivity index is 2.10. The quantitative estimate of drug-likeness (QED) is 0.608. The summed E-state index contributed by atoms with van der Waals surface area (Å²) in [6, 6.07) is 2.19. The van der Waals surface area contributed by atoms with Crippen molar-refractivity contribution in [2.24, 2.45) is 10.8 Å². The first kappa shape index (κ1) is 8.66. The lowest BCUT2D eigenvalue weighted by atomic mass is 9.66. The zero-order valence-corrected chi connectivity index (χ0v) is 8.23. The summed E-state index contributed by atoms with van der Waals surface area (Å²) >= 11 is 0. The van der Waals surface area contributed by atoms with E-state index in [4.69, 9.17) is 14.7 Å². The van der Waals surface area contributed by atoms with Gasteiger partial charge in [-0.05, 0) is 0 Å². The number of fused-ring (bicyclic) bond motifs is 1. The summed E-state index contributed by atoms with van der Waals surface area (Å²) in [4.78, 5) is 0. The summed E-state index contributed by atoms with van der Waals surface area (Å²) in [5, 5.41) is 18.9. The van der Waals surface area contributed by atoms with Crippen molar-refractivity contribution in [3.63, 3.8) is 0 Å². The monoisotopic (exact) mass is 195 g/mol. The lowest BCUT2D eigenvalue weighted by molar-refractivity contribution is -0.129. The number of aliphatic hydroxyl groups excluding tert-OH is 1. The average molecular weight is 195 g/mol. The molecule has 0 aromatic carbocycles. The van der Waals surface area contributed by atoms with Gasteiger partial charge in [0.15, 0.2) is 6.29 Å². The molecular formula is C10H13NO3. The lowest BCUT2D eigenvalue weighted by Gasteiger charge is -2.32. The van der Waals surface area contributed by atoms with E-state index in [0.717, 1.165) is 0 Å². The molecule has 0 amide bonds. The standard InChI is InChI=1S/C10H13NO3/c1-9(2)5-3-10(4-11)7(13-5)6(9)14-8(10)12/h5-8,12H,3H2,1-2H3. The predicted octanol–water partition coefficient (Wildman–Crippen LogP) is 0.411. The van der Waals surface area contributed by atoms with Crippen molar-refractivity contribution >= 4 is 0 Å². The Morgan fingerprint density at radius 1 is 1.36 bits per heavy atom. The van der Waals surface area contributed by atoms with Gasteiger partial charge in [0.05, 0.1) is 18.3 Å². The van der Waals surface area contributed by atoms with Crippen LogP contribution in [0.4, 0.5) is 0 Å². The summed E-state index contributed by atoms with van der Waals surface area (Å²) < 4.78 is 11.2. The molecule has 1 N–H and O–H groups in total. The van der Waals surface area contributed by atoms with E-state index in [2.05, 4.69) is 19.9 Å². The number of aliphatic hydroxyl groups is 1. The number of nitriles is 1. The van der Waals surface area contributed by atoms with Crippen LogP contribution >= 0.6 is 0 Å². The van der Waals surface area contributed by atoms with Crippen LogP contribution in [0.15, 0.2) is 0 Å². The van der Waals surface area contributed by atoms with Crippen LogP contribution in [0.1, 0.15) is 20.3 Å². The Kier molecular flexibility index (Phi) is 1.32. The van der Waals surface area contributed by atoms with Gasteiger partial charge in [-0.1, -0.05) is 13.8 Å². The molecule has 3 saturated heterocycles. The molecule has 2 bridgehead atoms. The molecule has 4 nitrogen and oxygen atoms in total. The third-order valence-corrected chi connectivity index (χ3v) is 4.10. The molecule has 4 heteroatoms. The molecule has 0 spiro atoms. The van der Waals surface area contributed by atoms with Gasteiger partial charge in [0.25, 0.3) is 0 Å².